The van der Waals surface area contributed by atoms with E-state index in [2.05, 4.69) is 193 Å². The zero-order valence-electron chi connectivity index (χ0n) is 28.7. The van der Waals surface area contributed by atoms with Gasteiger partial charge in [0, 0.05) is 46.9 Å². The summed E-state index contributed by atoms with van der Waals surface area (Å²) in [4.78, 5) is 2.55. The van der Waals surface area contributed by atoms with Crippen LogP contribution in [0.5, 0.6) is 0 Å². The zero-order valence-corrected chi connectivity index (χ0v) is 30.3. The van der Waals surface area contributed by atoms with Crippen molar-refractivity contribution in [3.05, 3.63) is 188 Å². The lowest BCUT2D eigenvalue weighted by Gasteiger charge is -2.29. The van der Waals surface area contributed by atoms with Crippen LogP contribution >= 0.6 is 22.7 Å². The number of benzene rings is 9. The molecule has 0 spiro atoms. The largest absolute Gasteiger partial charge is 0.308 e. The molecule has 0 fully saturated rings. The van der Waals surface area contributed by atoms with E-state index in [-0.39, 0.29) is 0 Å². The van der Waals surface area contributed by atoms with Gasteiger partial charge >= 0.3 is 0 Å². The molecule has 2 aromatic heterocycles. The van der Waals surface area contributed by atoms with Crippen LogP contribution in [-0.4, -0.2) is 0 Å². The fourth-order valence-corrected chi connectivity index (χ4v) is 10.5. The van der Waals surface area contributed by atoms with E-state index in [1.165, 1.54) is 95.5 Å². The van der Waals surface area contributed by atoms with E-state index in [0.717, 1.165) is 5.69 Å². The van der Waals surface area contributed by atoms with Crippen molar-refractivity contribution in [2.45, 2.75) is 0 Å². The number of nitrogens with zero attached hydrogens (tertiary/aromatic N) is 1. The summed E-state index contributed by atoms with van der Waals surface area (Å²) < 4.78 is 5.17. The van der Waals surface area contributed by atoms with E-state index in [1.54, 1.807) is 0 Å². The molecule has 0 bridgehead atoms. The minimum Gasteiger partial charge on any atom is -0.308 e. The molecule has 0 aliphatic heterocycles. The SMILES string of the molecule is c1ccc2cc(-c3ccc(N(c4c(-c5ccc6ccccc6c5)ccc5c4sc4ccccc45)c4cccc5sc6ccccc6c45)cc3)ccc2c1. The van der Waals surface area contributed by atoms with Crippen molar-refractivity contribution in [1.29, 1.82) is 0 Å². The second-order valence-electron chi connectivity index (χ2n) is 13.7. The van der Waals surface area contributed by atoms with Crippen LogP contribution in [0.2, 0.25) is 0 Å². The Morgan fingerprint density at radius 1 is 0.358 bits per heavy atom. The lowest BCUT2D eigenvalue weighted by Crippen LogP contribution is -2.12. The van der Waals surface area contributed by atoms with Crippen LogP contribution in [-0.2, 0) is 0 Å². The highest BCUT2D eigenvalue weighted by atomic mass is 32.1. The fraction of sp³-hybridized carbons (Fsp3) is 0. The van der Waals surface area contributed by atoms with Crippen molar-refractivity contribution in [3.8, 4) is 22.3 Å². The van der Waals surface area contributed by atoms with E-state index in [9.17, 15) is 0 Å². The third-order valence-corrected chi connectivity index (χ3v) is 13.0. The van der Waals surface area contributed by atoms with Crippen LogP contribution in [0.15, 0.2) is 188 Å². The quantitative estimate of drug-likeness (QED) is 0.172. The lowest BCUT2D eigenvalue weighted by atomic mass is 9.96. The van der Waals surface area contributed by atoms with Crippen LogP contribution in [0.3, 0.4) is 0 Å². The summed E-state index contributed by atoms with van der Waals surface area (Å²) >= 11 is 3.76. The Bertz CT molecular complexity index is 3180. The van der Waals surface area contributed by atoms with Crippen molar-refractivity contribution < 1.29 is 0 Å². The van der Waals surface area contributed by atoms with E-state index >= 15 is 0 Å². The van der Waals surface area contributed by atoms with Crippen molar-refractivity contribution in [2.75, 3.05) is 4.90 Å². The van der Waals surface area contributed by atoms with Crippen molar-refractivity contribution in [1.82, 2.24) is 0 Å². The molecule has 0 radical (unpaired) electrons. The van der Waals surface area contributed by atoms with Gasteiger partial charge in [-0.3, -0.25) is 0 Å². The molecule has 0 atom stereocenters. The van der Waals surface area contributed by atoms with Crippen molar-refractivity contribution in [3.63, 3.8) is 0 Å². The topological polar surface area (TPSA) is 3.24 Å². The van der Waals surface area contributed by atoms with Gasteiger partial charge in [0.2, 0.25) is 0 Å². The molecule has 53 heavy (non-hydrogen) atoms. The van der Waals surface area contributed by atoms with Gasteiger partial charge in [0.25, 0.3) is 0 Å². The molecule has 1 nitrogen and oxygen atoms in total. The molecule has 248 valence electrons. The fourth-order valence-electron chi connectivity index (χ4n) is 8.09. The molecular formula is C50H31NS2. The summed E-state index contributed by atoms with van der Waals surface area (Å²) in [6.45, 7) is 0. The van der Waals surface area contributed by atoms with Gasteiger partial charge in [-0.25, -0.2) is 0 Å². The first-order valence-electron chi connectivity index (χ1n) is 18.0. The number of rotatable bonds is 5. The standard InChI is InChI=1S/C50H31NS2/c1-3-12-35-30-37(22-20-32(35)10-1)34-24-26-39(27-25-34)51(44-16-9-19-47-48(44)43-15-6-8-18-46(43)52-47)49-40(38-23-21-33-11-2-4-13-36(33)31-38)28-29-42-41-14-5-7-17-45(41)53-50(42)49/h1-31H. The van der Waals surface area contributed by atoms with Crippen LogP contribution < -0.4 is 4.90 Å². The summed E-state index contributed by atoms with van der Waals surface area (Å²) in [6.07, 6.45) is 0. The highest BCUT2D eigenvalue weighted by molar-refractivity contribution is 7.26. The zero-order chi connectivity index (χ0) is 34.9. The highest BCUT2D eigenvalue weighted by Crippen LogP contribution is 2.52. The van der Waals surface area contributed by atoms with E-state index in [1.807, 2.05) is 22.7 Å². The Kier molecular flexibility index (Phi) is 6.97. The smallest absolute Gasteiger partial charge is 0.0718 e. The average molecular weight is 710 g/mol. The van der Waals surface area contributed by atoms with Crippen molar-refractivity contribution in [2.24, 2.45) is 0 Å². The third-order valence-electron chi connectivity index (χ3n) is 10.6. The molecule has 0 saturated heterocycles. The monoisotopic (exact) mass is 709 g/mol. The molecule has 11 aromatic rings. The maximum atomic E-state index is 2.55. The molecule has 0 aliphatic rings. The minimum atomic E-state index is 1.13. The number of thiophene rings is 2. The van der Waals surface area contributed by atoms with Gasteiger partial charge in [-0.2, -0.15) is 0 Å². The number of anilines is 3. The normalized spacial score (nSPS) is 11.8. The van der Waals surface area contributed by atoms with E-state index < -0.39 is 0 Å². The summed E-state index contributed by atoms with van der Waals surface area (Å²) in [5, 5.41) is 10.2. The van der Waals surface area contributed by atoms with Gasteiger partial charge in [-0.05, 0) is 86.8 Å². The highest BCUT2D eigenvalue weighted by Gasteiger charge is 2.25. The van der Waals surface area contributed by atoms with Crippen LogP contribution in [0, 0.1) is 0 Å². The molecule has 0 aliphatic carbocycles. The summed E-state index contributed by atoms with van der Waals surface area (Å²) in [6, 6.07) is 69.3. The second kappa shape index (κ2) is 12.2. The minimum absolute atomic E-state index is 1.13. The molecule has 0 N–H and O–H groups in total. The second-order valence-corrected chi connectivity index (χ2v) is 15.8. The van der Waals surface area contributed by atoms with E-state index in [0.29, 0.717) is 0 Å². The first-order chi connectivity index (χ1) is 26.3. The molecular weight excluding hydrogens is 679 g/mol. The predicted octanol–water partition coefficient (Wildman–Crippen LogP) is 15.5. The van der Waals surface area contributed by atoms with Crippen LogP contribution in [0.25, 0.3) is 84.1 Å². The maximum absolute atomic E-state index is 2.55. The Morgan fingerprint density at radius 3 is 1.70 bits per heavy atom. The van der Waals surface area contributed by atoms with E-state index in [4.69, 9.17) is 0 Å². The van der Waals surface area contributed by atoms with Gasteiger partial charge in [0.1, 0.15) is 0 Å². The van der Waals surface area contributed by atoms with Crippen molar-refractivity contribution >= 4 is 102 Å². The Balaban J connectivity index is 1.22. The van der Waals surface area contributed by atoms with Crippen LogP contribution in [0.1, 0.15) is 0 Å². The average Bonchev–Trinajstić information content (AvgIpc) is 3.80. The Labute approximate surface area is 315 Å². The molecule has 0 unspecified atom stereocenters. The molecule has 9 aromatic carbocycles. The van der Waals surface area contributed by atoms with Gasteiger partial charge < -0.3 is 4.90 Å². The molecule has 2 heterocycles. The number of hydrogen-bond donors (Lipinski definition) is 0. The molecule has 0 amide bonds. The van der Waals surface area contributed by atoms with Gasteiger partial charge in [0.15, 0.2) is 0 Å². The van der Waals surface area contributed by atoms with Gasteiger partial charge in [0.05, 0.1) is 16.1 Å². The predicted molar refractivity (Wildman–Crippen MR) is 233 cm³/mol. The molecule has 0 saturated carbocycles. The number of fused-ring (bicyclic) bond motifs is 8. The maximum Gasteiger partial charge on any atom is 0.0718 e. The molecule has 11 rings (SSSR count). The number of hydrogen-bond acceptors (Lipinski definition) is 3. The Morgan fingerprint density at radius 2 is 0.943 bits per heavy atom. The summed E-state index contributed by atoms with van der Waals surface area (Å²) in [5.41, 5.74) is 8.36. The van der Waals surface area contributed by atoms with Gasteiger partial charge in [-0.15, -0.1) is 22.7 Å². The van der Waals surface area contributed by atoms with Gasteiger partial charge in [-0.1, -0.05) is 140 Å². The summed E-state index contributed by atoms with van der Waals surface area (Å²) in [7, 11) is 0. The van der Waals surface area contributed by atoms with Crippen LogP contribution in [0.4, 0.5) is 17.1 Å². The Hall–Kier alpha value is -6.26. The first-order valence-corrected chi connectivity index (χ1v) is 19.6. The summed E-state index contributed by atoms with van der Waals surface area (Å²) in [5.74, 6) is 0. The third kappa shape index (κ3) is 4.97. The molecule has 3 heteroatoms. The first kappa shape index (κ1) is 30.4. The lowest BCUT2D eigenvalue weighted by molar-refractivity contribution is 1.32.